The number of imidazole rings is 1. The minimum atomic E-state index is -1.10. The number of carboxylic acid groups (broad SMARTS) is 1. The molecular weight excluding hydrogens is 264 g/mol. The summed E-state index contributed by atoms with van der Waals surface area (Å²) in [6, 6.07) is -1.61. The van der Waals surface area contributed by atoms with Crippen molar-refractivity contribution in [1.29, 1.82) is 0 Å². The van der Waals surface area contributed by atoms with Gasteiger partial charge in [-0.05, 0) is 6.92 Å². The molecular formula is C12H18N4O4. The van der Waals surface area contributed by atoms with Gasteiger partial charge in [-0.3, -0.25) is 0 Å². The van der Waals surface area contributed by atoms with Crippen molar-refractivity contribution in [3.05, 3.63) is 18.7 Å². The zero-order valence-electron chi connectivity index (χ0n) is 11.1. The molecule has 0 bridgehead atoms. The van der Waals surface area contributed by atoms with E-state index in [-0.39, 0.29) is 19.0 Å². The van der Waals surface area contributed by atoms with E-state index in [0.717, 1.165) is 4.90 Å². The highest BCUT2D eigenvalue weighted by Gasteiger charge is 2.39. The molecule has 3 unspecified atom stereocenters. The molecule has 3 N–H and O–H groups in total. The number of β-amino-alcohol motifs (C(OH)–C–C–N with tert-alkyl or cyclic N) is 1. The van der Waals surface area contributed by atoms with Crippen LogP contribution in [0.3, 0.4) is 0 Å². The van der Waals surface area contributed by atoms with Crippen LogP contribution >= 0.6 is 0 Å². The molecule has 1 saturated heterocycles. The average Bonchev–Trinajstić information content (AvgIpc) is 2.97. The van der Waals surface area contributed by atoms with Gasteiger partial charge in [0.15, 0.2) is 0 Å². The van der Waals surface area contributed by atoms with Crippen LogP contribution in [0.5, 0.6) is 0 Å². The number of rotatable bonds is 4. The number of aliphatic hydroxyl groups is 1. The third-order valence-corrected chi connectivity index (χ3v) is 3.24. The molecule has 2 amide bonds. The van der Waals surface area contributed by atoms with Crippen molar-refractivity contribution in [2.75, 3.05) is 6.54 Å². The molecule has 110 valence electrons. The number of aliphatic carboxylic acids is 1. The van der Waals surface area contributed by atoms with Crippen molar-refractivity contribution in [1.82, 2.24) is 19.8 Å². The third kappa shape index (κ3) is 3.27. The Morgan fingerprint density at radius 1 is 1.55 bits per heavy atom. The van der Waals surface area contributed by atoms with Gasteiger partial charge in [0.05, 0.1) is 12.4 Å². The molecule has 0 radical (unpaired) electrons. The van der Waals surface area contributed by atoms with Gasteiger partial charge in [-0.15, -0.1) is 0 Å². The van der Waals surface area contributed by atoms with E-state index >= 15 is 0 Å². The number of carbonyl (C=O) groups is 2. The normalized spacial score (nSPS) is 23.6. The lowest BCUT2D eigenvalue weighted by Gasteiger charge is -2.24. The Bertz CT molecular complexity index is 476. The van der Waals surface area contributed by atoms with Gasteiger partial charge in [0, 0.05) is 37.9 Å². The van der Waals surface area contributed by atoms with E-state index in [0.29, 0.717) is 6.54 Å². The number of hydrogen-bond donors (Lipinski definition) is 3. The van der Waals surface area contributed by atoms with Crippen molar-refractivity contribution >= 4 is 12.0 Å². The highest BCUT2D eigenvalue weighted by molar-refractivity contribution is 5.83. The number of likely N-dealkylation sites (tertiary alicyclic amines) is 1. The molecule has 1 aromatic rings. The number of aromatic nitrogens is 2. The van der Waals surface area contributed by atoms with Gasteiger partial charge < -0.3 is 25.0 Å². The van der Waals surface area contributed by atoms with Gasteiger partial charge >= 0.3 is 12.0 Å². The summed E-state index contributed by atoms with van der Waals surface area (Å²) in [4.78, 5) is 28.2. The smallest absolute Gasteiger partial charge is 0.326 e. The molecule has 2 rings (SSSR count). The van der Waals surface area contributed by atoms with E-state index < -0.39 is 24.1 Å². The van der Waals surface area contributed by atoms with Crippen molar-refractivity contribution in [3.63, 3.8) is 0 Å². The van der Waals surface area contributed by atoms with Gasteiger partial charge in [-0.1, -0.05) is 0 Å². The predicted octanol–water partition coefficient (Wildman–Crippen LogP) is -0.499. The van der Waals surface area contributed by atoms with Gasteiger partial charge in [0.1, 0.15) is 6.04 Å². The number of urea groups is 1. The highest BCUT2D eigenvalue weighted by atomic mass is 16.4. The molecule has 1 fully saturated rings. The molecule has 1 aliphatic rings. The first kappa shape index (κ1) is 14.3. The highest BCUT2D eigenvalue weighted by Crippen LogP contribution is 2.18. The summed E-state index contributed by atoms with van der Waals surface area (Å²) >= 11 is 0. The quantitative estimate of drug-likeness (QED) is 0.690. The fourth-order valence-electron chi connectivity index (χ4n) is 2.32. The maximum absolute atomic E-state index is 12.1. The summed E-state index contributed by atoms with van der Waals surface area (Å²) in [6.07, 6.45) is 4.35. The summed E-state index contributed by atoms with van der Waals surface area (Å²) in [5.74, 6) is -1.10. The molecule has 0 aliphatic carbocycles. The van der Waals surface area contributed by atoms with E-state index in [1.54, 1.807) is 18.7 Å². The Morgan fingerprint density at radius 3 is 2.90 bits per heavy atom. The first-order valence-corrected chi connectivity index (χ1v) is 6.41. The van der Waals surface area contributed by atoms with Crippen LogP contribution < -0.4 is 5.32 Å². The first-order valence-electron chi connectivity index (χ1n) is 6.41. The van der Waals surface area contributed by atoms with Crippen molar-refractivity contribution in [2.24, 2.45) is 0 Å². The fourth-order valence-corrected chi connectivity index (χ4v) is 2.32. The molecule has 0 spiro atoms. The van der Waals surface area contributed by atoms with Crippen molar-refractivity contribution in [2.45, 2.75) is 38.1 Å². The second kappa shape index (κ2) is 5.91. The van der Waals surface area contributed by atoms with Crippen LogP contribution in [-0.4, -0.2) is 61.4 Å². The van der Waals surface area contributed by atoms with Crippen LogP contribution in [0.2, 0.25) is 0 Å². The molecule has 20 heavy (non-hydrogen) atoms. The molecule has 0 saturated carbocycles. The summed E-state index contributed by atoms with van der Waals surface area (Å²) < 4.78 is 1.82. The lowest BCUT2D eigenvalue weighted by atomic mass is 10.2. The summed E-state index contributed by atoms with van der Waals surface area (Å²) in [6.45, 7) is 2.40. The van der Waals surface area contributed by atoms with Crippen LogP contribution in [0.1, 0.15) is 13.3 Å². The second-order valence-electron chi connectivity index (χ2n) is 5.01. The number of aliphatic hydroxyl groups excluding tert-OH is 1. The second-order valence-corrected chi connectivity index (χ2v) is 5.01. The largest absolute Gasteiger partial charge is 0.480 e. The van der Waals surface area contributed by atoms with E-state index in [4.69, 9.17) is 5.11 Å². The summed E-state index contributed by atoms with van der Waals surface area (Å²) in [5.41, 5.74) is 0. The molecule has 1 aliphatic heterocycles. The molecule has 2 heterocycles. The van der Waals surface area contributed by atoms with Crippen molar-refractivity contribution in [3.8, 4) is 0 Å². The topological polar surface area (TPSA) is 108 Å². The number of nitrogens with one attached hydrogen (secondary N) is 1. The predicted molar refractivity (Wildman–Crippen MR) is 69.0 cm³/mol. The van der Waals surface area contributed by atoms with Crippen LogP contribution in [0.15, 0.2) is 18.7 Å². The van der Waals surface area contributed by atoms with E-state index in [1.807, 2.05) is 11.5 Å². The van der Waals surface area contributed by atoms with Gasteiger partial charge in [0.25, 0.3) is 0 Å². The SMILES string of the molecule is CC(Cn1ccnc1)NC(=O)N1CC(O)CC1C(=O)O. The van der Waals surface area contributed by atoms with Crippen LogP contribution in [0.25, 0.3) is 0 Å². The molecule has 8 nitrogen and oxygen atoms in total. The van der Waals surface area contributed by atoms with E-state index in [9.17, 15) is 14.7 Å². The fraction of sp³-hybridized carbons (Fsp3) is 0.583. The third-order valence-electron chi connectivity index (χ3n) is 3.24. The molecule has 0 aromatic carbocycles. The molecule has 3 atom stereocenters. The monoisotopic (exact) mass is 282 g/mol. The standard InChI is InChI=1S/C12H18N4O4/c1-8(5-15-3-2-13-7-15)14-12(20)16-6-9(17)4-10(16)11(18)19/h2-3,7-10,17H,4-6H2,1H3,(H,14,20)(H,18,19). The van der Waals surface area contributed by atoms with Crippen LogP contribution in [0, 0.1) is 0 Å². The minimum Gasteiger partial charge on any atom is -0.480 e. The van der Waals surface area contributed by atoms with Gasteiger partial charge in [-0.25, -0.2) is 14.6 Å². The lowest BCUT2D eigenvalue weighted by molar-refractivity contribution is -0.141. The number of carboxylic acids is 1. The van der Waals surface area contributed by atoms with Crippen LogP contribution in [0.4, 0.5) is 4.79 Å². The zero-order valence-corrected chi connectivity index (χ0v) is 11.1. The summed E-state index contributed by atoms with van der Waals surface area (Å²) in [5, 5.41) is 21.3. The average molecular weight is 282 g/mol. The lowest BCUT2D eigenvalue weighted by Crippen LogP contribution is -2.49. The van der Waals surface area contributed by atoms with Gasteiger partial charge in [0.2, 0.25) is 0 Å². The zero-order chi connectivity index (χ0) is 14.7. The maximum atomic E-state index is 12.1. The minimum absolute atomic E-state index is 0.0423. The van der Waals surface area contributed by atoms with E-state index in [2.05, 4.69) is 10.3 Å². The Balaban J connectivity index is 1.92. The molecule has 1 aromatic heterocycles. The number of amides is 2. The van der Waals surface area contributed by atoms with Crippen molar-refractivity contribution < 1.29 is 19.8 Å². The Morgan fingerprint density at radius 2 is 2.30 bits per heavy atom. The Labute approximate surface area is 116 Å². The van der Waals surface area contributed by atoms with E-state index in [1.165, 1.54) is 0 Å². The number of hydrogen-bond acceptors (Lipinski definition) is 4. The molecule has 8 heteroatoms. The first-order chi connectivity index (χ1) is 9.47. The maximum Gasteiger partial charge on any atom is 0.326 e. The van der Waals surface area contributed by atoms with Crippen LogP contribution in [-0.2, 0) is 11.3 Å². The Kier molecular flexibility index (Phi) is 4.23. The Hall–Kier alpha value is -2.09. The van der Waals surface area contributed by atoms with Gasteiger partial charge in [-0.2, -0.15) is 0 Å². The number of carbonyl (C=O) groups excluding carboxylic acids is 1. The number of nitrogens with zero attached hydrogens (tertiary/aromatic N) is 3. The summed E-state index contributed by atoms with van der Waals surface area (Å²) in [7, 11) is 0.